The number of nitrogens with one attached hydrogen (secondary N) is 1. The minimum atomic E-state index is -4.54. The van der Waals surface area contributed by atoms with Crippen LogP contribution < -0.4 is 5.32 Å². The van der Waals surface area contributed by atoms with Crippen LogP contribution in [0.1, 0.15) is 80.2 Å². The summed E-state index contributed by atoms with van der Waals surface area (Å²) >= 11 is 0. The highest BCUT2D eigenvalue weighted by atomic mass is 32.2. The molecule has 0 aromatic carbocycles. The van der Waals surface area contributed by atoms with Crippen molar-refractivity contribution in [1.29, 1.82) is 0 Å². The molecule has 1 amide bonds. The molecule has 0 radical (unpaired) electrons. The zero-order valence-corrected chi connectivity index (χ0v) is 23.5. The molecule has 2 aromatic rings. The summed E-state index contributed by atoms with van der Waals surface area (Å²) in [5.74, 6) is -0.371. The molecule has 1 aliphatic rings. The van der Waals surface area contributed by atoms with Crippen molar-refractivity contribution in [3.8, 4) is 11.3 Å². The highest BCUT2D eigenvalue weighted by molar-refractivity contribution is 7.91. The molecule has 1 aliphatic carbocycles. The third kappa shape index (κ3) is 6.96. The molecule has 218 valence electrons. The van der Waals surface area contributed by atoms with Crippen molar-refractivity contribution in [2.24, 2.45) is 11.3 Å². The van der Waals surface area contributed by atoms with Crippen molar-refractivity contribution >= 4 is 15.7 Å². The molecule has 3 rings (SSSR count). The van der Waals surface area contributed by atoms with Crippen molar-refractivity contribution in [2.45, 2.75) is 84.2 Å². The Morgan fingerprint density at radius 2 is 1.79 bits per heavy atom. The Hall–Kier alpha value is -2.57. The lowest BCUT2D eigenvalue weighted by atomic mass is 9.86. The number of aromatic nitrogens is 3. The van der Waals surface area contributed by atoms with Gasteiger partial charge in [0.25, 0.3) is 12.3 Å². The largest absolute Gasteiger partial charge is 0.394 e. The van der Waals surface area contributed by atoms with E-state index >= 15 is 0 Å². The lowest BCUT2D eigenvalue weighted by Gasteiger charge is -2.27. The highest BCUT2D eigenvalue weighted by Crippen LogP contribution is 2.41. The first kappa shape index (κ1) is 31.0. The van der Waals surface area contributed by atoms with Gasteiger partial charge in [-0.05, 0) is 51.5 Å². The van der Waals surface area contributed by atoms with Crippen LogP contribution in [0, 0.1) is 18.3 Å². The number of halogens is 5. The fourth-order valence-electron chi connectivity index (χ4n) is 4.97. The highest BCUT2D eigenvalue weighted by Gasteiger charge is 2.47. The third-order valence-corrected chi connectivity index (χ3v) is 9.21. The molecular weight excluding hydrogens is 543 g/mol. The monoisotopic (exact) mass is 578 g/mol. The van der Waals surface area contributed by atoms with E-state index in [2.05, 4.69) is 15.4 Å². The van der Waals surface area contributed by atoms with E-state index in [0.717, 1.165) is 26.1 Å². The molecule has 2 heterocycles. The summed E-state index contributed by atoms with van der Waals surface area (Å²) in [6.45, 7) is 5.87. The van der Waals surface area contributed by atoms with Crippen molar-refractivity contribution in [3.63, 3.8) is 0 Å². The van der Waals surface area contributed by atoms with Crippen LogP contribution in [0.15, 0.2) is 12.3 Å². The first-order valence-electron chi connectivity index (χ1n) is 12.8. The van der Waals surface area contributed by atoms with E-state index in [1.807, 2.05) is 0 Å². The Morgan fingerprint density at radius 3 is 2.31 bits per heavy atom. The number of nitrogens with zero attached hydrogens (tertiary/aromatic N) is 3. The molecule has 13 heteroatoms. The Balaban J connectivity index is 1.84. The predicted molar refractivity (Wildman–Crippen MR) is 137 cm³/mol. The van der Waals surface area contributed by atoms with Gasteiger partial charge in [-0.1, -0.05) is 13.8 Å². The zero-order valence-electron chi connectivity index (χ0n) is 22.7. The number of pyridine rings is 1. The zero-order chi connectivity index (χ0) is 29.3. The number of sulfone groups is 1. The van der Waals surface area contributed by atoms with Gasteiger partial charge in [0.05, 0.1) is 16.4 Å². The SMILES string of the molecule is CCn1nc(C(=O)NCC2CCC(S(C)(=O)=O)CC2)c(C)c1-c1cnc(CC(C)(C)C(F)(F)F)cc1C(F)F. The lowest BCUT2D eigenvalue weighted by Crippen LogP contribution is -2.34. The van der Waals surface area contributed by atoms with Crippen LogP contribution in [0.5, 0.6) is 0 Å². The third-order valence-electron chi connectivity index (χ3n) is 7.53. The van der Waals surface area contributed by atoms with Gasteiger partial charge in [0.2, 0.25) is 0 Å². The second kappa shape index (κ2) is 11.5. The van der Waals surface area contributed by atoms with E-state index in [4.69, 9.17) is 0 Å². The topological polar surface area (TPSA) is 94.0 Å². The molecule has 2 aromatic heterocycles. The normalized spacial score (nSPS) is 18.9. The molecule has 0 spiro atoms. The van der Waals surface area contributed by atoms with Crippen molar-refractivity contribution in [1.82, 2.24) is 20.1 Å². The van der Waals surface area contributed by atoms with Crippen molar-refractivity contribution in [3.05, 3.63) is 34.8 Å². The smallest absolute Gasteiger partial charge is 0.350 e. The van der Waals surface area contributed by atoms with E-state index in [1.54, 1.807) is 13.8 Å². The summed E-state index contributed by atoms with van der Waals surface area (Å²) in [7, 11) is -3.10. The van der Waals surface area contributed by atoms with Crippen LogP contribution in [-0.4, -0.2) is 53.3 Å². The Morgan fingerprint density at radius 1 is 1.18 bits per heavy atom. The average molecular weight is 579 g/mol. The summed E-state index contributed by atoms with van der Waals surface area (Å²) in [4.78, 5) is 17.1. The number of hydrogen-bond acceptors (Lipinski definition) is 5. The second-order valence-corrected chi connectivity index (χ2v) is 13.3. The molecule has 0 atom stereocenters. The van der Waals surface area contributed by atoms with Crippen LogP contribution in [0.3, 0.4) is 0 Å². The molecule has 7 nitrogen and oxygen atoms in total. The first-order chi connectivity index (χ1) is 18.0. The average Bonchev–Trinajstić information content (AvgIpc) is 3.17. The molecule has 0 aliphatic heterocycles. The molecule has 1 saturated carbocycles. The summed E-state index contributed by atoms with van der Waals surface area (Å²) in [6.07, 6.45) is -3.35. The predicted octanol–water partition coefficient (Wildman–Crippen LogP) is 5.68. The van der Waals surface area contributed by atoms with Crippen LogP contribution in [0.4, 0.5) is 22.0 Å². The summed E-state index contributed by atoms with van der Waals surface area (Å²) in [5, 5.41) is 6.80. The maximum Gasteiger partial charge on any atom is 0.394 e. The minimum Gasteiger partial charge on any atom is -0.350 e. The standard InChI is InChI=1S/C26H35F5N4O3S/c1-6-35-22(20-14-32-17(11-19(20)23(27)28)12-25(3,4)26(29,30)31)15(2)21(34-35)24(36)33-13-16-7-9-18(10-8-16)39(5,37)38/h11,14,16,18,23H,6-10,12-13H2,1-5H3,(H,33,36). The molecule has 0 saturated heterocycles. The molecular formula is C26H35F5N4O3S. The molecule has 0 unspecified atom stereocenters. The fraction of sp³-hybridized carbons (Fsp3) is 0.654. The number of aryl methyl sites for hydroxylation is 1. The number of carbonyl (C=O) groups excluding carboxylic acids is 1. The fourth-order valence-corrected chi connectivity index (χ4v) is 6.10. The number of rotatable bonds is 9. The van der Waals surface area contributed by atoms with E-state index in [9.17, 15) is 35.2 Å². The number of alkyl halides is 5. The van der Waals surface area contributed by atoms with Gasteiger partial charge < -0.3 is 5.32 Å². The quantitative estimate of drug-likeness (QED) is 0.387. The number of hydrogen-bond donors (Lipinski definition) is 1. The summed E-state index contributed by atoms with van der Waals surface area (Å²) < 4.78 is 93.2. The van der Waals surface area contributed by atoms with Gasteiger partial charge in [-0.2, -0.15) is 18.3 Å². The Bertz CT molecular complexity index is 1300. The van der Waals surface area contributed by atoms with Crippen LogP contribution in [0.25, 0.3) is 11.3 Å². The van der Waals surface area contributed by atoms with Gasteiger partial charge >= 0.3 is 6.18 Å². The van der Waals surface area contributed by atoms with E-state index < -0.39 is 45.7 Å². The second-order valence-electron chi connectivity index (χ2n) is 10.9. The Labute approximate surface area is 225 Å². The summed E-state index contributed by atoms with van der Waals surface area (Å²) in [6, 6.07) is 0.993. The molecule has 0 bridgehead atoms. The van der Waals surface area contributed by atoms with Gasteiger partial charge in [-0.25, -0.2) is 17.2 Å². The first-order valence-corrected chi connectivity index (χ1v) is 14.8. The lowest BCUT2D eigenvalue weighted by molar-refractivity contribution is -0.211. The van der Waals surface area contributed by atoms with Crippen LogP contribution >= 0.6 is 0 Å². The van der Waals surface area contributed by atoms with E-state index in [1.165, 1.54) is 10.9 Å². The van der Waals surface area contributed by atoms with E-state index in [0.29, 0.717) is 37.8 Å². The van der Waals surface area contributed by atoms with Gasteiger partial charge in [0.15, 0.2) is 5.69 Å². The number of amides is 1. The van der Waals surface area contributed by atoms with Crippen LogP contribution in [-0.2, 0) is 22.8 Å². The van der Waals surface area contributed by atoms with Crippen molar-refractivity contribution in [2.75, 3.05) is 12.8 Å². The number of carbonyl (C=O) groups is 1. The van der Waals surface area contributed by atoms with Crippen LogP contribution in [0.2, 0.25) is 0 Å². The molecule has 39 heavy (non-hydrogen) atoms. The maximum absolute atomic E-state index is 14.1. The van der Waals surface area contributed by atoms with Gasteiger partial charge in [-0.15, -0.1) is 0 Å². The van der Waals surface area contributed by atoms with Gasteiger partial charge in [-0.3, -0.25) is 14.5 Å². The summed E-state index contributed by atoms with van der Waals surface area (Å²) in [5.41, 5.74) is -2.09. The van der Waals surface area contributed by atoms with Crippen molar-refractivity contribution < 1.29 is 35.2 Å². The molecule has 1 N–H and O–H groups in total. The van der Waals surface area contributed by atoms with Gasteiger partial charge in [0, 0.05) is 54.3 Å². The van der Waals surface area contributed by atoms with Gasteiger partial charge in [0.1, 0.15) is 9.84 Å². The van der Waals surface area contributed by atoms with E-state index in [-0.39, 0.29) is 40.4 Å². The maximum atomic E-state index is 14.1. The molecule has 1 fully saturated rings. The minimum absolute atomic E-state index is 0.00330. The Kier molecular flexibility index (Phi) is 9.13.